The Labute approximate surface area is 173 Å². The van der Waals surface area contributed by atoms with Gasteiger partial charge in [0.1, 0.15) is 0 Å². The van der Waals surface area contributed by atoms with Gasteiger partial charge in [-0.25, -0.2) is 9.50 Å². The smallest absolute Gasteiger partial charge is 0.272 e. The SMILES string of the molecule is Cc1ccc(-c2c[nH]n3c(=O)cc([C@@H]4CC(=O)N(Cc5ccncc5)C4)nc23)cc1. The molecule has 4 heterocycles. The van der Waals surface area contributed by atoms with Crippen molar-refractivity contribution in [2.45, 2.75) is 25.8 Å². The topological polar surface area (TPSA) is 83.4 Å². The molecule has 0 radical (unpaired) electrons. The fourth-order valence-corrected chi connectivity index (χ4v) is 3.99. The summed E-state index contributed by atoms with van der Waals surface area (Å²) in [5.74, 6) is -0.0237. The Kier molecular flexibility index (Phi) is 4.43. The molecule has 1 saturated heterocycles. The number of aromatic nitrogens is 4. The molecule has 1 aliphatic rings. The number of carbonyl (C=O) groups is 1. The molecule has 0 saturated carbocycles. The first kappa shape index (κ1) is 18.3. The number of H-pyrrole nitrogens is 1. The number of aryl methyl sites for hydroxylation is 1. The van der Waals surface area contributed by atoms with E-state index in [0.29, 0.717) is 30.9 Å². The largest absolute Gasteiger partial charge is 0.338 e. The third kappa shape index (κ3) is 3.28. The van der Waals surface area contributed by atoms with Gasteiger partial charge in [-0.2, -0.15) is 0 Å². The van der Waals surface area contributed by atoms with Crippen LogP contribution in [0.25, 0.3) is 16.8 Å². The van der Waals surface area contributed by atoms with E-state index in [9.17, 15) is 9.59 Å². The highest BCUT2D eigenvalue weighted by molar-refractivity contribution is 5.80. The summed E-state index contributed by atoms with van der Waals surface area (Å²) in [7, 11) is 0. The van der Waals surface area contributed by atoms with Crippen molar-refractivity contribution in [2.24, 2.45) is 0 Å². The molecule has 1 amide bonds. The fraction of sp³-hybridized carbons (Fsp3) is 0.217. The summed E-state index contributed by atoms with van der Waals surface area (Å²) in [6.07, 6.45) is 5.61. The Morgan fingerprint density at radius 2 is 1.87 bits per heavy atom. The number of aromatic amines is 1. The molecule has 1 N–H and O–H groups in total. The number of hydrogen-bond donors (Lipinski definition) is 1. The van der Waals surface area contributed by atoms with E-state index in [1.165, 1.54) is 16.1 Å². The highest BCUT2D eigenvalue weighted by atomic mass is 16.2. The Hall–Kier alpha value is -3.74. The first-order valence-corrected chi connectivity index (χ1v) is 9.93. The molecule has 4 aromatic rings. The Balaban J connectivity index is 1.47. The summed E-state index contributed by atoms with van der Waals surface area (Å²) in [6, 6.07) is 13.5. The Morgan fingerprint density at radius 1 is 1.10 bits per heavy atom. The van der Waals surface area contributed by atoms with Gasteiger partial charge in [0.2, 0.25) is 5.91 Å². The second kappa shape index (κ2) is 7.26. The van der Waals surface area contributed by atoms with Crippen LogP contribution in [-0.4, -0.2) is 36.9 Å². The standard InChI is InChI=1S/C23H21N5O2/c1-15-2-4-17(5-3-15)19-12-25-28-22(30)11-20(26-23(19)28)18-10-21(29)27(14-18)13-16-6-8-24-9-7-16/h2-9,11-12,18,25H,10,13-14H2,1H3/t18-/m1/s1. The molecular formula is C23H21N5O2. The van der Waals surface area contributed by atoms with Crippen LogP contribution >= 0.6 is 0 Å². The van der Waals surface area contributed by atoms with Crippen LogP contribution < -0.4 is 5.56 Å². The summed E-state index contributed by atoms with van der Waals surface area (Å²) in [5, 5.41) is 3.00. The van der Waals surface area contributed by atoms with Crippen molar-refractivity contribution in [3.8, 4) is 11.1 Å². The summed E-state index contributed by atoms with van der Waals surface area (Å²) >= 11 is 0. The molecule has 0 unspecified atom stereocenters. The van der Waals surface area contributed by atoms with Crippen LogP contribution in [0.2, 0.25) is 0 Å². The van der Waals surface area contributed by atoms with Crippen LogP contribution in [0, 0.1) is 6.92 Å². The predicted octanol–water partition coefficient (Wildman–Crippen LogP) is 2.91. The van der Waals surface area contributed by atoms with E-state index in [0.717, 1.165) is 16.7 Å². The van der Waals surface area contributed by atoms with Crippen molar-refractivity contribution in [2.75, 3.05) is 6.54 Å². The van der Waals surface area contributed by atoms with Crippen LogP contribution in [0.3, 0.4) is 0 Å². The number of nitrogens with zero attached hydrogens (tertiary/aromatic N) is 4. The first-order chi connectivity index (χ1) is 14.6. The van der Waals surface area contributed by atoms with E-state index in [2.05, 4.69) is 10.1 Å². The third-order valence-corrected chi connectivity index (χ3v) is 5.64. The van der Waals surface area contributed by atoms with Gasteiger partial charge in [0.05, 0.1) is 5.69 Å². The third-order valence-electron chi connectivity index (χ3n) is 5.64. The molecule has 0 bridgehead atoms. The number of benzene rings is 1. The van der Waals surface area contributed by atoms with Gasteiger partial charge in [-0.3, -0.25) is 19.7 Å². The van der Waals surface area contributed by atoms with Gasteiger partial charge in [0.15, 0.2) is 5.65 Å². The van der Waals surface area contributed by atoms with E-state index < -0.39 is 0 Å². The molecule has 7 nitrogen and oxygen atoms in total. The van der Waals surface area contributed by atoms with Crippen molar-refractivity contribution in [3.63, 3.8) is 0 Å². The van der Waals surface area contributed by atoms with Crippen LogP contribution in [-0.2, 0) is 11.3 Å². The zero-order valence-corrected chi connectivity index (χ0v) is 16.6. The lowest BCUT2D eigenvalue weighted by molar-refractivity contribution is -0.128. The molecule has 1 aromatic carbocycles. The molecule has 7 heteroatoms. The molecule has 1 fully saturated rings. The molecule has 30 heavy (non-hydrogen) atoms. The quantitative estimate of drug-likeness (QED) is 0.572. The maximum Gasteiger partial charge on any atom is 0.272 e. The number of carbonyl (C=O) groups excluding carboxylic acids is 1. The van der Waals surface area contributed by atoms with Gasteiger partial charge in [-0.15, -0.1) is 0 Å². The molecule has 150 valence electrons. The normalized spacial score (nSPS) is 16.5. The number of rotatable bonds is 4. The summed E-state index contributed by atoms with van der Waals surface area (Å²) in [5.41, 5.74) is 5.14. The number of nitrogens with one attached hydrogen (secondary N) is 1. The van der Waals surface area contributed by atoms with Crippen molar-refractivity contribution < 1.29 is 4.79 Å². The molecule has 1 aliphatic heterocycles. The summed E-state index contributed by atoms with van der Waals surface area (Å²) < 4.78 is 1.45. The van der Waals surface area contributed by atoms with Gasteiger partial charge in [-0.1, -0.05) is 29.8 Å². The average molecular weight is 399 g/mol. The highest BCUT2D eigenvalue weighted by Gasteiger charge is 2.32. The van der Waals surface area contributed by atoms with Gasteiger partial charge >= 0.3 is 0 Å². The Morgan fingerprint density at radius 3 is 2.63 bits per heavy atom. The predicted molar refractivity (Wildman–Crippen MR) is 113 cm³/mol. The summed E-state index contributed by atoms with van der Waals surface area (Å²) in [6.45, 7) is 3.13. The average Bonchev–Trinajstić information content (AvgIpc) is 3.34. The minimum atomic E-state index is -0.173. The monoisotopic (exact) mass is 399 g/mol. The van der Waals surface area contributed by atoms with E-state index in [4.69, 9.17) is 4.98 Å². The Bertz CT molecular complexity index is 1270. The van der Waals surface area contributed by atoms with E-state index in [1.54, 1.807) is 18.6 Å². The summed E-state index contributed by atoms with van der Waals surface area (Å²) in [4.78, 5) is 35.9. The lowest BCUT2D eigenvalue weighted by atomic mass is 10.0. The minimum absolute atomic E-state index is 0.0756. The minimum Gasteiger partial charge on any atom is -0.338 e. The lowest BCUT2D eigenvalue weighted by Gasteiger charge is -2.16. The first-order valence-electron chi connectivity index (χ1n) is 9.93. The van der Waals surface area contributed by atoms with Crippen LogP contribution in [0.4, 0.5) is 0 Å². The van der Waals surface area contributed by atoms with Crippen LogP contribution in [0.15, 0.2) is 65.8 Å². The fourth-order valence-electron chi connectivity index (χ4n) is 3.99. The molecule has 0 aliphatic carbocycles. The maximum atomic E-state index is 12.7. The molecule has 5 rings (SSSR count). The van der Waals surface area contributed by atoms with Crippen molar-refractivity contribution >= 4 is 11.6 Å². The molecular weight excluding hydrogens is 378 g/mol. The maximum absolute atomic E-state index is 12.7. The number of fused-ring (bicyclic) bond motifs is 1. The van der Waals surface area contributed by atoms with Gasteiger partial charge in [0, 0.05) is 55.6 Å². The van der Waals surface area contributed by atoms with Crippen molar-refractivity contribution in [1.29, 1.82) is 0 Å². The van der Waals surface area contributed by atoms with Gasteiger partial charge < -0.3 is 4.90 Å². The lowest BCUT2D eigenvalue weighted by Crippen LogP contribution is -2.24. The van der Waals surface area contributed by atoms with Gasteiger partial charge in [0.25, 0.3) is 5.56 Å². The van der Waals surface area contributed by atoms with E-state index in [-0.39, 0.29) is 17.4 Å². The van der Waals surface area contributed by atoms with Crippen LogP contribution in [0.1, 0.15) is 29.2 Å². The van der Waals surface area contributed by atoms with Crippen molar-refractivity contribution in [3.05, 3.63) is 88.2 Å². The highest BCUT2D eigenvalue weighted by Crippen LogP contribution is 2.29. The number of likely N-dealkylation sites (tertiary alicyclic amines) is 1. The second-order valence-corrected chi connectivity index (χ2v) is 7.76. The van der Waals surface area contributed by atoms with Gasteiger partial charge in [-0.05, 0) is 30.2 Å². The molecule has 1 atom stereocenters. The zero-order chi connectivity index (χ0) is 20.7. The van der Waals surface area contributed by atoms with Crippen LogP contribution in [0.5, 0.6) is 0 Å². The van der Waals surface area contributed by atoms with Crippen molar-refractivity contribution in [1.82, 2.24) is 24.5 Å². The number of amides is 1. The second-order valence-electron chi connectivity index (χ2n) is 7.76. The number of hydrogen-bond acceptors (Lipinski definition) is 4. The van der Waals surface area contributed by atoms with E-state index >= 15 is 0 Å². The number of pyridine rings is 1. The zero-order valence-electron chi connectivity index (χ0n) is 16.6. The van der Waals surface area contributed by atoms with E-state index in [1.807, 2.05) is 48.2 Å². The molecule has 3 aromatic heterocycles. The molecule has 0 spiro atoms.